The van der Waals surface area contributed by atoms with Gasteiger partial charge in [0.25, 0.3) is 0 Å². The van der Waals surface area contributed by atoms with Crippen LogP contribution >= 0.6 is 15.9 Å². The van der Waals surface area contributed by atoms with Gasteiger partial charge in [-0.3, -0.25) is 4.99 Å². The van der Waals surface area contributed by atoms with Crippen LogP contribution in [0.3, 0.4) is 0 Å². The molecule has 0 bridgehead atoms. The molecule has 0 heterocycles. The number of benzene rings is 3. The fraction of sp³-hybridized carbons (Fsp3) is 0.0870. The number of nitrogens with zero attached hydrogens (tertiary/aromatic N) is 1. The summed E-state index contributed by atoms with van der Waals surface area (Å²) in [5, 5.41) is 0. The first-order valence-corrected chi connectivity index (χ1v) is 9.12. The third-order valence-electron chi connectivity index (χ3n) is 4.00. The highest BCUT2D eigenvalue weighted by molar-refractivity contribution is 9.10. The predicted molar refractivity (Wildman–Crippen MR) is 110 cm³/mol. The van der Waals surface area contributed by atoms with Gasteiger partial charge in [-0.2, -0.15) is 0 Å². The van der Waals surface area contributed by atoms with Gasteiger partial charge in [-0.1, -0.05) is 94.8 Å². The van der Waals surface area contributed by atoms with Crippen LogP contribution < -0.4 is 0 Å². The maximum atomic E-state index is 5.14. The summed E-state index contributed by atoms with van der Waals surface area (Å²) in [6, 6.07) is 29.1. The Hall–Kier alpha value is -2.45. The molecule has 0 spiro atoms. The zero-order chi connectivity index (χ0) is 17.5. The van der Waals surface area contributed by atoms with E-state index in [0.717, 1.165) is 27.7 Å². The minimum atomic E-state index is 0.0328. The Morgan fingerprint density at radius 2 is 1.48 bits per heavy atom. The molecule has 0 N–H and O–H groups in total. The van der Waals surface area contributed by atoms with E-state index in [1.54, 1.807) is 0 Å². The van der Waals surface area contributed by atoms with Crippen LogP contribution in [0.25, 0.3) is 0 Å². The third-order valence-corrected chi connectivity index (χ3v) is 4.50. The van der Waals surface area contributed by atoms with Crippen molar-refractivity contribution < 1.29 is 0 Å². The monoisotopic (exact) mass is 389 g/mol. The third kappa shape index (κ3) is 4.55. The van der Waals surface area contributed by atoms with E-state index < -0.39 is 0 Å². The Morgan fingerprint density at radius 1 is 0.880 bits per heavy atom. The summed E-state index contributed by atoms with van der Waals surface area (Å²) in [4.78, 5) is 5.14. The largest absolute Gasteiger partial charge is 0.276 e. The van der Waals surface area contributed by atoms with Gasteiger partial charge in [-0.25, -0.2) is 0 Å². The van der Waals surface area contributed by atoms with E-state index in [0.29, 0.717) is 0 Å². The summed E-state index contributed by atoms with van der Waals surface area (Å²) >= 11 is 3.56. The molecule has 2 heteroatoms. The maximum absolute atomic E-state index is 5.14. The van der Waals surface area contributed by atoms with E-state index in [9.17, 15) is 0 Å². The average molecular weight is 390 g/mol. The van der Waals surface area contributed by atoms with Gasteiger partial charge in [0.15, 0.2) is 0 Å². The number of halogens is 1. The van der Waals surface area contributed by atoms with E-state index in [4.69, 9.17) is 4.99 Å². The number of rotatable bonds is 6. The summed E-state index contributed by atoms with van der Waals surface area (Å²) in [6.45, 7) is 3.92. The van der Waals surface area contributed by atoms with Crippen molar-refractivity contribution in [3.05, 3.63) is 119 Å². The topological polar surface area (TPSA) is 12.4 Å². The van der Waals surface area contributed by atoms with Gasteiger partial charge in [0.1, 0.15) is 0 Å². The zero-order valence-electron chi connectivity index (χ0n) is 14.0. The molecule has 0 aromatic heterocycles. The Morgan fingerprint density at radius 3 is 2.00 bits per heavy atom. The van der Waals surface area contributed by atoms with Gasteiger partial charge in [-0.15, -0.1) is 6.58 Å². The average Bonchev–Trinajstić information content (AvgIpc) is 2.66. The van der Waals surface area contributed by atoms with Crippen molar-refractivity contribution in [2.75, 3.05) is 0 Å². The maximum Gasteiger partial charge on any atom is 0.0791 e. The van der Waals surface area contributed by atoms with E-state index in [2.05, 4.69) is 89.2 Å². The SMILES string of the molecule is C=CC[C@@H](N=C(c1ccccc1)c1ccccc1)c1cccc(Br)c1. The molecule has 1 nitrogen and oxygen atoms in total. The fourth-order valence-electron chi connectivity index (χ4n) is 2.80. The Labute approximate surface area is 157 Å². The Kier molecular flexibility index (Phi) is 5.97. The van der Waals surface area contributed by atoms with E-state index in [1.165, 1.54) is 5.56 Å². The number of hydrogen-bond donors (Lipinski definition) is 0. The second-order valence-electron chi connectivity index (χ2n) is 5.80. The van der Waals surface area contributed by atoms with Crippen molar-refractivity contribution in [3.8, 4) is 0 Å². The smallest absolute Gasteiger partial charge is 0.0791 e. The van der Waals surface area contributed by atoms with Crippen molar-refractivity contribution in [2.24, 2.45) is 4.99 Å². The standard InChI is InChI=1S/C23H20BrN/c1-2-10-22(20-15-9-16-21(24)17-20)25-23(18-11-5-3-6-12-18)19-13-7-4-8-14-19/h2-9,11-17,22H,1,10H2/t22-/m1/s1. The van der Waals surface area contributed by atoms with Crippen molar-refractivity contribution in [1.29, 1.82) is 0 Å². The van der Waals surface area contributed by atoms with Crippen LogP contribution in [0.1, 0.15) is 29.2 Å². The lowest BCUT2D eigenvalue weighted by Gasteiger charge is -2.15. The molecule has 0 aliphatic heterocycles. The van der Waals surface area contributed by atoms with Crippen LogP contribution in [0.4, 0.5) is 0 Å². The van der Waals surface area contributed by atoms with Gasteiger partial charge in [-0.05, 0) is 24.1 Å². The molecule has 0 aliphatic rings. The molecule has 124 valence electrons. The lowest BCUT2D eigenvalue weighted by molar-refractivity contribution is 0.744. The molecule has 0 fully saturated rings. The van der Waals surface area contributed by atoms with Gasteiger partial charge in [0.05, 0.1) is 11.8 Å². The molecular weight excluding hydrogens is 370 g/mol. The quantitative estimate of drug-likeness (QED) is 0.332. The molecule has 0 amide bonds. The Balaban J connectivity index is 2.11. The molecule has 0 aliphatic carbocycles. The van der Waals surface area contributed by atoms with Gasteiger partial charge in [0.2, 0.25) is 0 Å². The van der Waals surface area contributed by atoms with Crippen molar-refractivity contribution in [1.82, 2.24) is 0 Å². The van der Waals surface area contributed by atoms with Gasteiger partial charge >= 0.3 is 0 Å². The summed E-state index contributed by atoms with van der Waals surface area (Å²) < 4.78 is 1.07. The second kappa shape index (κ2) is 8.59. The first kappa shape index (κ1) is 17.4. The van der Waals surface area contributed by atoms with E-state index in [1.807, 2.05) is 24.3 Å². The molecule has 3 aromatic carbocycles. The number of aliphatic imine (C=N–C) groups is 1. The van der Waals surface area contributed by atoms with E-state index in [-0.39, 0.29) is 6.04 Å². The molecule has 0 saturated carbocycles. The van der Waals surface area contributed by atoms with Gasteiger partial charge in [0, 0.05) is 15.6 Å². The van der Waals surface area contributed by atoms with Crippen LogP contribution in [0.15, 0.2) is 107 Å². The summed E-state index contributed by atoms with van der Waals surface area (Å²) in [5.74, 6) is 0. The first-order chi connectivity index (χ1) is 12.3. The highest BCUT2D eigenvalue weighted by Crippen LogP contribution is 2.26. The summed E-state index contributed by atoms with van der Waals surface area (Å²) in [6.07, 6.45) is 2.72. The second-order valence-corrected chi connectivity index (χ2v) is 6.72. The van der Waals surface area contributed by atoms with Crippen molar-refractivity contribution in [3.63, 3.8) is 0 Å². The molecule has 3 aromatic rings. The molecule has 0 unspecified atom stereocenters. The highest BCUT2D eigenvalue weighted by Gasteiger charge is 2.13. The normalized spacial score (nSPS) is 11.6. The highest BCUT2D eigenvalue weighted by atomic mass is 79.9. The van der Waals surface area contributed by atoms with Crippen molar-refractivity contribution >= 4 is 21.6 Å². The summed E-state index contributed by atoms with van der Waals surface area (Å²) in [7, 11) is 0. The zero-order valence-corrected chi connectivity index (χ0v) is 15.6. The lowest BCUT2D eigenvalue weighted by atomic mass is 9.99. The lowest BCUT2D eigenvalue weighted by Crippen LogP contribution is -2.07. The predicted octanol–water partition coefficient (Wildman–Crippen LogP) is 6.60. The van der Waals surface area contributed by atoms with E-state index >= 15 is 0 Å². The van der Waals surface area contributed by atoms with Crippen molar-refractivity contribution in [2.45, 2.75) is 12.5 Å². The van der Waals surface area contributed by atoms with Crippen LogP contribution in [-0.2, 0) is 0 Å². The van der Waals surface area contributed by atoms with Crippen LogP contribution in [-0.4, -0.2) is 5.71 Å². The fourth-order valence-corrected chi connectivity index (χ4v) is 3.22. The molecular formula is C23H20BrN. The summed E-state index contributed by atoms with van der Waals surface area (Å²) in [5.41, 5.74) is 4.43. The van der Waals surface area contributed by atoms with Crippen LogP contribution in [0.5, 0.6) is 0 Å². The molecule has 0 radical (unpaired) electrons. The van der Waals surface area contributed by atoms with Crippen LogP contribution in [0, 0.1) is 0 Å². The minimum Gasteiger partial charge on any atom is -0.276 e. The molecule has 3 rings (SSSR count). The first-order valence-electron chi connectivity index (χ1n) is 8.33. The Bertz CT molecular complexity index is 812. The molecule has 1 atom stereocenters. The molecule has 25 heavy (non-hydrogen) atoms. The minimum absolute atomic E-state index is 0.0328. The number of hydrogen-bond acceptors (Lipinski definition) is 1. The van der Waals surface area contributed by atoms with Gasteiger partial charge < -0.3 is 0 Å². The molecule has 0 saturated heterocycles. The van der Waals surface area contributed by atoms with Crippen LogP contribution in [0.2, 0.25) is 0 Å².